The Morgan fingerprint density at radius 3 is 1.97 bits per heavy atom. The van der Waals surface area contributed by atoms with Crippen molar-refractivity contribution in [1.29, 1.82) is 0 Å². The van der Waals surface area contributed by atoms with Crippen LogP contribution < -0.4 is 10.0 Å². The normalized spacial score (nSPS) is 12.0. The Morgan fingerprint density at radius 1 is 0.781 bits per heavy atom. The van der Waals surface area contributed by atoms with Crippen LogP contribution in [0.25, 0.3) is 11.0 Å². The van der Waals surface area contributed by atoms with Crippen LogP contribution in [-0.2, 0) is 16.2 Å². The van der Waals surface area contributed by atoms with Gasteiger partial charge in [-0.1, -0.05) is 42.0 Å². The van der Waals surface area contributed by atoms with Crippen molar-refractivity contribution in [1.82, 2.24) is 9.97 Å². The summed E-state index contributed by atoms with van der Waals surface area (Å²) in [5.41, 5.74) is 1.22. The van der Waals surface area contributed by atoms with E-state index < -0.39 is 26.7 Å². The quantitative estimate of drug-likeness (QED) is 0.413. The van der Waals surface area contributed by atoms with Gasteiger partial charge in [-0.25, -0.2) is 18.4 Å². The maximum atomic E-state index is 13.4. The second-order valence-electron chi connectivity index (χ2n) is 7.00. The smallest absolute Gasteiger partial charge is 0.337 e. The highest BCUT2D eigenvalue weighted by molar-refractivity contribution is 7.92. The minimum atomic E-state index is -4.84. The minimum Gasteiger partial charge on any atom is -0.337 e. The molecule has 1 heterocycles. The molecule has 0 atom stereocenters. The first-order valence-corrected chi connectivity index (χ1v) is 10.9. The monoisotopic (exact) mass is 458 g/mol. The summed E-state index contributed by atoms with van der Waals surface area (Å²) >= 11 is 0. The van der Waals surface area contributed by atoms with Gasteiger partial charge < -0.3 is 5.32 Å². The van der Waals surface area contributed by atoms with Gasteiger partial charge in [-0.3, -0.25) is 4.72 Å². The Bertz CT molecular complexity index is 1390. The first-order chi connectivity index (χ1) is 15.1. The zero-order chi connectivity index (χ0) is 22.9. The third kappa shape index (κ3) is 4.50. The number of hydrogen-bond donors (Lipinski definition) is 2. The number of benzene rings is 3. The fourth-order valence-corrected chi connectivity index (χ4v) is 4.29. The summed E-state index contributed by atoms with van der Waals surface area (Å²) < 4.78 is 68.2. The highest BCUT2D eigenvalue weighted by atomic mass is 32.2. The Morgan fingerprint density at radius 2 is 1.34 bits per heavy atom. The van der Waals surface area contributed by atoms with Crippen LogP contribution in [0.15, 0.2) is 77.7 Å². The van der Waals surface area contributed by atoms with E-state index >= 15 is 0 Å². The van der Waals surface area contributed by atoms with E-state index in [0.29, 0.717) is 22.8 Å². The molecule has 164 valence electrons. The van der Waals surface area contributed by atoms with Gasteiger partial charge in [0.1, 0.15) is 0 Å². The van der Waals surface area contributed by atoms with Gasteiger partial charge in [-0.15, -0.1) is 0 Å². The molecule has 2 N–H and O–H groups in total. The average molecular weight is 458 g/mol. The number of hydrogen-bond acceptors (Lipinski definition) is 5. The van der Waals surface area contributed by atoms with E-state index in [1.807, 2.05) is 19.1 Å². The van der Waals surface area contributed by atoms with Crippen LogP contribution in [0, 0.1) is 6.92 Å². The molecule has 1 aromatic heterocycles. The fourth-order valence-electron chi connectivity index (χ4n) is 3.05. The van der Waals surface area contributed by atoms with E-state index in [9.17, 15) is 21.6 Å². The van der Waals surface area contributed by atoms with Crippen molar-refractivity contribution in [3.63, 3.8) is 0 Å². The molecule has 0 radical (unpaired) electrons. The molecule has 4 rings (SSSR count). The summed E-state index contributed by atoms with van der Waals surface area (Å²) in [6, 6.07) is 18.0. The Kier molecular flexibility index (Phi) is 5.47. The Hall–Kier alpha value is -3.66. The third-order valence-electron chi connectivity index (χ3n) is 4.60. The standard InChI is InChI=1S/C22H17F3N4O2S/c1-14-10-12-15(13-11-14)26-20-21(28-18-8-4-3-7-17(18)27-20)29-32(30,31)19-9-5-2-6-16(19)22(23,24)25/h2-13H,1H3,(H,26,27)(H,28,29). The molecule has 0 fully saturated rings. The van der Waals surface area contributed by atoms with Crippen LogP contribution in [0.2, 0.25) is 0 Å². The van der Waals surface area contributed by atoms with Crippen LogP contribution in [0.4, 0.5) is 30.5 Å². The lowest BCUT2D eigenvalue weighted by atomic mass is 10.2. The number of aryl methyl sites for hydroxylation is 1. The highest BCUT2D eigenvalue weighted by Crippen LogP contribution is 2.35. The summed E-state index contributed by atoms with van der Waals surface area (Å²) in [6.07, 6.45) is -4.84. The van der Waals surface area contributed by atoms with Crippen LogP contribution in [0.1, 0.15) is 11.1 Å². The predicted octanol–water partition coefficient (Wildman–Crippen LogP) is 5.50. The number of alkyl halides is 3. The molecule has 0 amide bonds. The summed E-state index contributed by atoms with van der Waals surface area (Å²) in [7, 11) is -4.63. The zero-order valence-electron chi connectivity index (χ0n) is 16.7. The number of rotatable bonds is 5. The van der Waals surface area contributed by atoms with Gasteiger partial charge in [-0.05, 0) is 43.3 Å². The highest BCUT2D eigenvalue weighted by Gasteiger charge is 2.37. The summed E-state index contributed by atoms with van der Waals surface area (Å²) in [5, 5.41) is 2.99. The van der Waals surface area contributed by atoms with Crippen molar-refractivity contribution in [3.8, 4) is 0 Å². The van der Waals surface area contributed by atoms with Gasteiger partial charge in [0.15, 0.2) is 11.6 Å². The molecule has 0 spiro atoms. The molecule has 10 heteroatoms. The number of nitrogens with zero attached hydrogens (tertiary/aromatic N) is 2. The van der Waals surface area contributed by atoms with Gasteiger partial charge in [0.25, 0.3) is 10.0 Å². The lowest BCUT2D eigenvalue weighted by molar-refractivity contribution is -0.139. The number of aromatic nitrogens is 2. The number of fused-ring (bicyclic) bond motifs is 1. The topological polar surface area (TPSA) is 84.0 Å². The molecular weight excluding hydrogens is 441 g/mol. The van der Waals surface area contributed by atoms with Crippen molar-refractivity contribution in [2.75, 3.05) is 10.0 Å². The van der Waals surface area contributed by atoms with Crippen LogP contribution >= 0.6 is 0 Å². The van der Waals surface area contributed by atoms with Crippen molar-refractivity contribution in [2.24, 2.45) is 0 Å². The molecule has 0 unspecified atom stereocenters. The fraction of sp³-hybridized carbons (Fsp3) is 0.0909. The molecule has 0 aliphatic carbocycles. The van der Waals surface area contributed by atoms with E-state index in [0.717, 1.165) is 17.7 Å². The second kappa shape index (κ2) is 8.12. The van der Waals surface area contributed by atoms with Crippen LogP contribution in [0.3, 0.4) is 0 Å². The Labute approximate surface area is 182 Å². The molecule has 0 saturated carbocycles. The van der Waals surface area contributed by atoms with Gasteiger partial charge in [0.05, 0.1) is 21.5 Å². The minimum absolute atomic E-state index is 0.0561. The molecule has 3 aromatic carbocycles. The molecule has 32 heavy (non-hydrogen) atoms. The molecule has 4 aromatic rings. The lowest BCUT2D eigenvalue weighted by Crippen LogP contribution is -2.20. The average Bonchev–Trinajstić information content (AvgIpc) is 2.75. The summed E-state index contributed by atoms with van der Waals surface area (Å²) in [5.74, 6) is -0.165. The number of para-hydroxylation sites is 2. The van der Waals surface area contributed by atoms with Gasteiger partial charge in [0, 0.05) is 5.69 Å². The lowest BCUT2D eigenvalue weighted by Gasteiger charge is -2.16. The van der Waals surface area contributed by atoms with Gasteiger partial charge >= 0.3 is 6.18 Å². The SMILES string of the molecule is Cc1ccc(Nc2nc3ccccc3nc2NS(=O)(=O)c2ccccc2C(F)(F)F)cc1. The molecule has 0 bridgehead atoms. The maximum absolute atomic E-state index is 13.4. The van der Waals surface area contributed by atoms with E-state index in [1.165, 1.54) is 6.07 Å². The largest absolute Gasteiger partial charge is 0.417 e. The first kappa shape index (κ1) is 21.6. The van der Waals surface area contributed by atoms with E-state index in [-0.39, 0.29) is 11.6 Å². The number of nitrogens with one attached hydrogen (secondary N) is 2. The zero-order valence-corrected chi connectivity index (χ0v) is 17.5. The van der Waals surface area contributed by atoms with Crippen molar-refractivity contribution >= 4 is 38.4 Å². The number of sulfonamides is 1. The van der Waals surface area contributed by atoms with Gasteiger partial charge in [0.2, 0.25) is 0 Å². The van der Waals surface area contributed by atoms with E-state index in [2.05, 4.69) is 20.0 Å². The van der Waals surface area contributed by atoms with Crippen molar-refractivity contribution < 1.29 is 21.6 Å². The first-order valence-electron chi connectivity index (χ1n) is 9.43. The summed E-state index contributed by atoms with van der Waals surface area (Å²) in [4.78, 5) is 7.81. The second-order valence-corrected chi connectivity index (χ2v) is 8.65. The van der Waals surface area contributed by atoms with Crippen LogP contribution in [0.5, 0.6) is 0 Å². The Balaban J connectivity index is 1.80. The van der Waals surface area contributed by atoms with E-state index in [4.69, 9.17) is 0 Å². The maximum Gasteiger partial charge on any atom is 0.417 e. The molecule has 0 aliphatic heterocycles. The predicted molar refractivity (Wildman–Crippen MR) is 116 cm³/mol. The number of anilines is 3. The van der Waals surface area contributed by atoms with Crippen molar-refractivity contribution in [2.45, 2.75) is 18.0 Å². The summed E-state index contributed by atoms with van der Waals surface area (Å²) in [6.45, 7) is 1.91. The molecule has 6 nitrogen and oxygen atoms in total. The number of halogens is 3. The molecule has 0 aliphatic rings. The molecule has 0 saturated heterocycles. The third-order valence-corrected chi connectivity index (χ3v) is 5.99. The van der Waals surface area contributed by atoms with Crippen LogP contribution in [-0.4, -0.2) is 18.4 Å². The van der Waals surface area contributed by atoms with Gasteiger partial charge in [-0.2, -0.15) is 13.2 Å². The van der Waals surface area contributed by atoms with Crippen molar-refractivity contribution in [3.05, 3.63) is 83.9 Å². The molecular formula is C22H17F3N4O2S. The van der Waals surface area contributed by atoms with E-state index in [1.54, 1.807) is 36.4 Å².